The summed E-state index contributed by atoms with van der Waals surface area (Å²) in [6.45, 7) is 0. The van der Waals surface area contributed by atoms with Crippen molar-refractivity contribution >= 4 is 32.1 Å². The molecule has 0 unspecified atom stereocenters. The van der Waals surface area contributed by atoms with Crippen molar-refractivity contribution in [2.24, 2.45) is 0 Å². The van der Waals surface area contributed by atoms with E-state index in [1.54, 1.807) is 18.2 Å². The zero-order chi connectivity index (χ0) is 11.5. The van der Waals surface area contributed by atoms with Crippen LogP contribution in [0.2, 0.25) is 0 Å². The van der Waals surface area contributed by atoms with Gasteiger partial charge in [0.2, 0.25) is 0 Å². The molecule has 0 radical (unpaired) electrons. The van der Waals surface area contributed by atoms with E-state index in [-0.39, 0.29) is 0 Å². The molecule has 0 saturated carbocycles. The van der Waals surface area contributed by atoms with Gasteiger partial charge in [-0.15, -0.1) is 0 Å². The van der Waals surface area contributed by atoms with E-state index in [4.69, 9.17) is 0 Å². The van der Waals surface area contributed by atoms with E-state index in [1.807, 2.05) is 0 Å². The van der Waals surface area contributed by atoms with Gasteiger partial charge < -0.3 is 4.79 Å². The molecule has 0 fully saturated rings. The number of rotatable bonds is 4. The molecule has 0 saturated heterocycles. The fourth-order valence-corrected chi connectivity index (χ4v) is 2.68. The van der Waals surface area contributed by atoms with E-state index in [2.05, 4.69) is 15.9 Å². The molecule has 0 N–H and O–H groups in total. The third-order valence-corrected chi connectivity index (χ3v) is 3.64. The summed E-state index contributed by atoms with van der Waals surface area (Å²) >= 11 is 3.27. The Kier molecular flexibility index (Phi) is 4.04. The van der Waals surface area contributed by atoms with Gasteiger partial charge in [0.25, 0.3) is 0 Å². The van der Waals surface area contributed by atoms with Crippen LogP contribution in [0.15, 0.2) is 27.6 Å². The molecule has 0 aromatic heterocycles. The topological polar surface area (TPSA) is 51.2 Å². The summed E-state index contributed by atoms with van der Waals surface area (Å²) in [5, 5.41) is 0. The molecule has 0 atom stereocenters. The number of benzene rings is 1. The Morgan fingerprint density at radius 3 is 2.60 bits per heavy atom. The molecular formula is C10H11BrO3S. The van der Waals surface area contributed by atoms with Gasteiger partial charge in [0.1, 0.15) is 6.29 Å². The van der Waals surface area contributed by atoms with Crippen molar-refractivity contribution < 1.29 is 13.2 Å². The van der Waals surface area contributed by atoms with Gasteiger partial charge in [0.05, 0.1) is 4.90 Å². The largest absolute Gasteiger partial charge is 0.303 e. The first-order valence-corrected chi connectivity index (χ1v) is 7.05. The number of hydrogen-bond acceptors (Lipinski definition) is 3. The summed E-state index contributed by atoms with van der Waals surface area (Å²) in [6, 6.07) is 4.97. The Morgan fingerprint density at radius 1 is 1.40 bits per heavy atom. The minimum atomic E-state index is -3.22. The van der Waals surface area contributed by atoms with Gasteiger partial charge in [-0.1, -0.05) is 15.9 Å². The maximum atomic E-state index is 11.4. The summed E-state index contributed by atoms with van der Waals surface area (Å²) in [4.78, 5) is 10.6. The lowest BCUT2D eigenvalue weighted by Gasteiger charge is -2.06. The average molecular weight is 291 g/mol. The van der Waals surface area contributed by atoms with Gasteiger partial charge in [-0.25, -0.2) is 8.42 Å². The molecule has 0 aliphatic heterocycles. The minimum absolute atomic E-state index is 0.299. The van der Waals surface area contributed by atoms with Gasteiger partial charge in [0, 0.05) is 17.1 Å². The molecule has 82 valence electrons. The van der Waals surface area contributed by atoms with Crippen LogP contribution < -0.4 is 0 Å². The van der Waals surface area contributed by atoms with Crippen LogP contribution in [0, 0.1) is 0 Å². The van der Waals surface area contributed by atoms with E-state index in [9.17, 15) is 13.2 Å². The summed E-state index contributed by atoms with van der Waals surface area (Å²) in [6.07, 6.45) is 2.73. The van der Waals surface area contributed by atoms with Gasteiger partial charge >= 0.3 is 0 Å². The fourth-order valence-electron chi connectivity index (χ4n) is 1.32. The van der Waals surface area contributed by atoms with Crippen molar-refractivity contribution in [3.8, 4) is 0 Å². The summed E-state index contributed by atoms with van der Waals surface area (Å²) < 4.78 is 23.7. The van der Waals surface area contributed by atoms with Crippen molar-refractivity contribution in [3.05, 3.63) is 28.2 Å². The zero-order valence-corrected chi connectivity index (χ0v) is 10.6. The Hall–Kier alpha value is -0.680. The lowest BCUT2D eigenvalue weighted by Crippen LogP contribution is -2.02. The number of aldehydes is 1. The van der Waals surface area contributed by atoms with E-state index >= 15 is 0 Å². The van der Waals surface area contributed by atoms with Gasteiger partial charge in [0.15, 0.2) is 9.84 Å². The van der Waals surface area contributed by atoms with Crippen molar-refractivity contribution in [2.75, 3.05) is 6.26 Å². The van der Waals surface area contributed by atoms with Gasteiger partial charge in [-0.3, -0.25) is 0 Å². The number of halogens is 1. The van der Waals surface area contributed by atoms with E-state index < -0.39 is 9.84 Å². The highest BCUT2D eigenvalue weighted by Gasteiger charge is 2.12. The Bertz CT molecular complexity index is 466. The van der Waals surface area contributed by atoms with Crippen molar-refractivity contribution in [2.45, 2.75) is 17.7 Å². The summed E-state index contributed by atoms with van der Waals surface area (Å²) in [5.41, 5.74) is 0.680. The Labute approximate surface area is 97.5 Å². The molecule has 0 heterocycles. The molecule has 0 amide bonds. The predicted octanol–water partition coefficient (Wildman–Crippen LogP) is 1.98. The first-order valence-electron chi connectivity index (χ1n) is 4.37. The second kappa shape index (κ2) is 4.90. The monoisotopic (exact) mass is 290 g/mol. The molecule has 1 aromatic carbocycles. The molecule has 5 heteroatoms. The molecule has 15 heavy (non-hydrogen) atoms. The second-order valence-electron chi connectivity index (χ2n) is 3.23. The van der Waals surface area contributed by atoms with E-state index in [0.29, 0.717) is 23.3 Å². The number of sulfone groups is 1. The minimum Gasteiger partial charge on any atom is -0.303 e. The highest BCUT2D eigenvalue weighted by Crippen LogP contribution is 2.21. The Balaban J connectivity index is 3.20. The van der Waals surface area contributed by atoms with Crippen LogP contribution in [0.5, 0.6) is 0 Å². The highest BCUT2D eigenvalue weighted by molar-refractivity contribution is 9.10. The number of carbonyl (C=O) groups is 1. The molecule has 0 aliphatic carbocycles. The molecule has 3 nitrogen and oxygen atoms in total. The van der Waals surface area contributed by atoms with Crippen molar-refractivity contribution in [1.29, 1.82) is 0 Å². The number of hydrogen-bond donors (Lipinski definition) is 0. The van der Waals surface area contributed by atoms with E-state index in [0.717, 1.165) is 10.8 Å². The number of aryl methyl sites for hydroxylation is 1. The van der Waals surface area contributed by atoms with Crippen molar-refractivity contribution in [1.82, 2.24) is 0 Å². The fraction of sp³-hybridized carbons (Fsp3) is 0.300. The first kappa shape index (κ1) is 12.4. The predicted molar refractivity (Wildman–Crippen MR) is 61.6 cm³/mol. The smallest absolute Gasteiger partial charge is 0.175 e. The second-order valence-corrected chi connectivity index (χ2v) is 6.13. The molecule has 1 rings (SSSR count). The van der Waals surface area contributed by atoms with Crippen LogP contribution in [0.1, 0.15) is 12.0 Å². The molecule has 0 bridgehead atoms. The third-order valence-electron chi connectivity index (χ3n) is 1.95. The average Bonchev–Trinajstić information content (AvgIpc) is 2.12. The van der Waals surface area contributed by atoms with Crippen molar-refractivity contribution in [3.63, 3.8) is 0 Å². The molecule has 0 spiro atoms. The summed E-state index contributed by atoms with van der Waals surface area (Å²) in [5.74, 6) is 0. The number of carbonyl (C=O) groups excluding carboxylic acids is 1. The lowest BCUT2D eigenvalue weighted by molar-refractivity contribution is -0.107. The van der Waals surface area contributed by atoms with Crippen LogP contribution >= 0.6 is 15.9 Å². The SMILES string of the molecule is CS(=O)(=O)c1ccc(Br)cc1CCC=O. The van der Waals surface area contributed by atoms with Crippen LogP contribution in [-0.2, 0) is 21.1 Å². The maximum Gasteiger partial charge on any atom is 0.175 e. The standard InChI is InChI=1S/C10H11BrO3S/c1-15(13,14)10-5-4-9(11)7-8(10)3-2-6-12/h4-7H,2-3H2,1H3. The molecule has 0 aliphatic rings. The van der Waals surface area contributed by atoms with Crippen LogP contribution in [0.3, 0.4) is 0 Å². The highest BCUT2D eigenvalue weighted by atomic mass is 79.9. The molecule has 1 aromatic rings. The quantitative estimate of drug-likeness (QED) is 0.797. The lowest BCUT2D eigenvalue weighted by atomic mass is 10.1. The van der Waals surface area contributed by atoms with Crippen LogP contribution in [0.4, 0.5) is 0 Å². The summed E-state index contributed by atoms with van der Waals surface area (Å²) in [7, 11) is -3.22. The third kappa shape index (κ3) is 3.43. The van der Waals surface area contributed by atoms with Gasteiger partial charge in [-0.05, 0) is 30.2 Å². The normalized spacial score (nSPS) is 11.3. The van der Waals surface area contributed by atoms with Crippen LogP contribution in [-0.4, -0.2) is 21.0 Å². The van der Waals surface area contributed by atoms with E-state index in [1.165, 1.54) is 6.26 Å². The van der Waals surface area contributed by atoms with Crippen LogP contribution in [0.25, 0.3) is 0 Å². The Morgan fingerprint density at radius 2 is 2.07 bits per heavy atom. The maximum absolute atomic E-state index is 11.4. The molecular weight excluding hydrogens is 280 g/mol. The first-order chi connectivity index (χ1) is 6.95. The van der Waals surface area contributed by atoms with Gasteiger partial charge in [-0.2, -0.15) is 0 Å². The zero-order valence-electron chi connectivity index (χ0n) is 8.23.